The van der Waals surface area contributed by atoms with Crippen molar-refractivity contribution in [2.24, 2.45) is 5.92 Å². The van der Waals surface area contributed by atoms with E-state index in [1.165, 1.54) is 6.08 Å². The van der Waals surface area contributed by atoms with Crippen molar-refractivity contribution in [2.75, 3.05) is 26.2 Å². The van der Waals surface area contributed by atoms with Crippen LogP contribution in [0.25, 0.3) is 11.4 Å². The van der Waals surface area contributed by atoms with Gasteiger partial charge in [-0.05, 0) is 26.7 Å². The van der Waals surface area contributed by atoms with E-state index in [2.05, 4.69) is 16.5 Å². The Hall–Kier alpha value is -3.55. The lowest BCUT2D eigenvalue weighted by atomic mass is 9.84. The van der Waals surface area contributed by atoms with Crippen molar-refractivity contribution in [3.8, 4) is 11.4 Å². The summed E-state index contributed by atoms with van der Waals surface area (Å²) in [7, 11) is 0. The Labute approximate surface area is 199 Å². The number of ether oxygens (including phenoxy) is 1. The van der Waals surface area contributed by atoms with Crippen LogP contribution in [0.15, 0.2) is 43.0 Å². The van der Waals surface area contributed by atoms with Gasteiger partial charge in [-0.1, -0.05) is 49.4 Å². The number of hydrogen-bond acceptors (Lipinski definition) is 6. The summed E-state index contributed by atoms with van der Waals surface area (Å²) in [4.78, 5) is 51.8. The molecule has 2 fully saturated rings. The molecule has 1 atom stereocenters. The lowest BCUT2D eigenvalue weighted by Gasteiger charge is -2.42. The van der Waals surface area contributed by atoms with Crippen molar-refractivity contribution in [3.05, 3.63) is 59.9 Å². The first kappa shape index (κ1) is 23.6. The van der Waals surface area contributed by atoms with Crippen LogP contribution in [0.3, 0.4) is 0 Å². The van der Waals surface area contributed by atoms with Crippen LogP contribution in [0.2, 0.25) is 0 Å². The Balaban J connectivity index is 1.63. The molecule has 1 saturated carbocycles. The van der Waals surface area contributed by atoms with Crippen LogP contribution in [0, 0.1) is 12.8 Å². The summed E-state index contributed by atoms with van der Waals surface area (Å²) in [6.45, 7) is 8.44. The molecule has 2 heterocycles. The summed E-state index contributed by atoms with van der Waals surface area (Å²) in [5.41, 5.74) is 1.20. The molecule has 0 radical (unpaired) electrons. The van der Waals surface area contributed by atoms with Crippen molar-refractivity contribution < 1.29 is 19.1 Å². The largest absolute Gasteiger partial charge is 0.458 e. The molecule has 8 heteroatoms. The summed E-state index contributed by atoms with van der Waals surface area (Å²) < 4.78 is 5.24. The monoisotopic (exact) mass is 462 g/mol. The highest BCUT2D eigenvalue weighted by Gasteiger charge is 2.37. The minimum Gasteiger partial charge on any atom is -0.458 e. The minimum atomic E-state index is -0.660. The van der Waals surface area contributed by atoms with Gasteiger partial charge in [0, 0.05) is 37.2 Å². The molecule has 2 aromatic rings. The Morgan fingerprint density at radius 1 is 1.15 bits per heavy atom. The van der Waals surface area contributed by atoms with E-state index in [1.807, 2.05) is 42.2 Å². The van der Waals surface area contributed by atoms with Gasteiger partial charge in [0.2, 0.25) is 5.91 Å². The number of carbonyl (C=O) groups excluding carboxylic acids is 3. The highest BCUT2D eigenvalue weighted by molar-refractivity contribution is 6.05. The van der Waals surface area contributed by atoms with Gasteiger partial charge in [-0.25, -0.2) is 14.8 Å². The Kier molecular flexibility index (Phi) is 7.05. The third-order valence-electron chi connectivity index (χ3n) is 6.51. The van der Waals surface area contributed by atoms with Crippen molar-refractivity contribution in [3.63, 3.8) is 0 Å². The third kappa shape index (κ3) is 4.71. The second kappa shape index (κ2) is 10.2. The summed E-state index contributed by atoms with van der Waals surface area (Å²) in [6.07, 6.45) is 4.46. The molecule has 2 aliphatic rings. The number of benzene rings is 1. The molecule has 0 bridgehead atoms. The van der Waals surface area contributed by atoms with Crippen LogP contribution < -0.4 is 0 Å². The van der Waals surface area contributed by atoms with Crippen LogP contribution >= 0.6 is 0 Å². The molecule has 1 aliphatic heterocycles. The molecular weight excluding hydrogens is 432 g/mol. The third-order valence-corrected chi connectivity index (χ3v) is 6.51. The van der Waals surface area contributed by atoms with Gasteiger partial charge in [0.15, 0.2) is 5.82 Å². The number of nitrogens with zero attached hydrogens (tertiary/aromatic N) is 4. The molecule has 1 aromatic heterocycles. The Bertz CT molecular complexity index is 1100. The van der Waals surface area contributed by atoms with Gasteiger partial charge in [-0.15, -0.1) is 0 Å². The SMILES string of the molecule is C=CCOC(=O)c1c(C)nc(-c2ccccc2)nc1C(=O)N1CCN(C(=O)C2CCC2)C(C)C1. The zero-order chi connectivity index (χ0) is 24.2. The van der Waals surface area contributed by atoms with E-state index >= 15 is 0 Å². The van der Waals surface area contributed by atoms with E-state index in [0.29, 0.717) is 31.2 Å². The lowest BCUT2D eigenvalue weighted by molar-refractivity contribution is -0.142. The van der Waals surface area contributed by atoms with E-state index in [9.17, 15) is 14.4 Å². The molecule has 178 valence electrons. The molecule has 1 unspecified atom stereocenters. The average molecular weight is 463 g/mol. The van der Waals surface area contributed by atoms with Crippen LogP contribution in [-0.4, -0.2) is 69.8 Å². The molecule has 4 rings (SSSR count). The topological polar surface area (TPSA) is 92.7 Å². The van der Waals surface area contributed by atoms with E-state index in [0.717, 1.165) is 24.8 Å². The highest BCUT2D eigenvalue weighted by Crippen LogP contribution is 2.30. The van der Waals surface area contributed by atoms with Crippen molar-refractivity contribution in [1.29, 1.82) is 0 Å². The molecule has 1 saturated heterocycles. The summed E-state index contributed by atoms with van der Waals surface area (Å²) in [5, 5.41) is 0. The normalized spacial score (nSPS) is 18.2. The minimum absolute atomic E-state index is 0.0192. The van der Waals surface area contributed by atoms with Crippen molar-refractivity contribution >= 4 is 17.8 Å². The molecule has 8 nitrogen and oxygen atoms in total. The van der Waals surface area contributed by atoms with E-state index < -0.39 is 5.97 Å². The number of amides is 2. The number of hydrogen-bond donors (Lipinski definition) is 0. The maximum Gasteiger partial charge on any atom is 0.342 e. The van der Waals surface area contributed by atoms with Gasteiger partial charge in [-0.2, -0.15) is 0 Å². The fourth-order valence-electron chi connectivity index (χ4n) is 4.40. The number of rotatable bonds is 6. The lowest BCUT2D eigenvalue weighted by Crippen LogP contribution is -2.57. The fourth-order valence-corrected chi connectivity index (χ4v) is 4.40. The second-order valence-electron chi connectivity index (χ2n) is 8.87. The first-order valence-corrected chi connectivity index (χ1v) is 11.7. The van der Waals surface area contributed by atoms with Gasteiger partial charge in [0.05, 0.1) is 5.69 Å². The molecular formula is C26H30N4O4. The maximum absolute atomic E-state index is 13.7. The predicted octanol–water partition coefficient (Wildman–Crippen LogP) is 3.27. The second-order valence-corrected chi connectivity index (χ2v) is 8.87. The van der Waals surface area contributed by atoms with Crippen LogP contribution in [0.5, 0.6) is 0 Å². The first-order valence-electron chi connectivity index (χ1n) is 11.7. The van der Waals surface area contributed by atoms with Crippen LogP contribution in [0.1, 0.15) is 52.7 Å². The molecule has 0 N–H and O–H groups in total. The average Bonchev–Trinajstić information content (AvgIpc) is 2.80. The summed E-state index contributed by atoms with van der Waals surface area (Å²) in [6, 6.07) is 9.20. The van der Waals surface area contributed by atoms with Crippen molar-refractivity contribution in [1.82, 2.24) is 19.8 Å². The number of esters is 1. The Morgan fingerprint density at radius 3 is 2.50 bits per heavy atom. The molecule has 34 heavy (non-hydrogen) atoms. The molecule has 1 aliphatic carbocycles. The summed E-state index contributed by atoms with van der Waals surface area (Å²) in [5.74, 6) is -0.353. The van der Waals surface area contributed by atoms with Gasteiger partial charge in [-0.3, -0.25) is 9.59 Å². The van der Waals surface area contributed by atoms with Crippen LogP contribution in [0.4, 0.5) is 0 Å². The smallest absolute Gasteiger partial charge is 0.342 e. The van der Waals surface area contributed by atoms with Crippen LogP contribution in [-0.2, 0) is 9.53 Å². The number of aromatic nitrogens is 2. The predicted molar refractivity (Wildman–Crippen MR) is 127 cm³/mol. The van der Waals surface area contributed by atoms with E-state index in [4.69, 9.17) is 4.74 Å². The van der Waals surface area contributed by atoms with E-state index in [1.54, 1.807) is 11.8 Å². The quantitative estimate of drug-likeness (QED) is 0.483. The van der Waals surface area contributed by atoms with Crippen molar-refractivity contribution in [2.45, 2.75) is 39.2 Å². The van der Waals surface area contributed by atoms with Gasteiger partial charge < -0.3 is 14.5 Å². The molecule has 2 amide bonds. The standard InChI is InChI=1S/C26H30N4O4/c1-4-15-34-26(33)21-18(3)27-23(19-9-6-5-7-10-19)28-22(21)25(32)29-13-14-30(17(2)16-29)24(31)20-11-8-12-20/h4-7,9-10,17,20H,1,8,11-16H2,2-3H3. The zero-order valence-electron chi connectivity index (χ0n) is 19.7. The molecule has 1 aromatic carbocycles. The van der Waals surface area contributed by atoms with Gasteiger partial charge in [0.25, 0.3) is 5.91 Å². The maximum atomic E-state index is 13.7. The number of carbonyl (C=O) groups is 3. The number of piperazine rings is 1. The first-order chi connectivity index (χ1) is 16.4. The van der Waals surface area contributed by atoms with Gasteiger partial charge in [0.1, 0.15) is 17.9 Å². The zero-order valence-corrected chi connectivity index (χ0v) is 19.7. The highest BCUT2D eigenvalue weighted by atomic mass is 16.5. The fraction of sp³-hybridized carbons (Fsp3) is 0.423. The molecule has 0 spiro atoms. The summed E-state index contributed by atoms with van der Waals surface area (Å²) >= 11 is 0. The van der Waals surface area contributed by atoms with Gasteiger partial charge >= 0.3 is 5.97 Å². The van der Waals surface area contributed by atoms with E-state index in [-0.39, 0.29) is 41.6 Å². The number of aryl methyl sites for hydroxylation is 1. The Morgan fingerprint density at radius 2 is 1.88 bits per heavy atom.